The van der Waals surface area contributed by atoms with E-state index in [1.165, 1.54) is 0 Å². The van der Waals surface area contributed by atoms with E-state index in [4.69, 9.17) is 0 Å². The van der Waals surface area contributed by atoms with Gasteiger partial charge in [-0.05, 0) is 50.8 Å². The Hall–Kier alpha value is -2.03. The molecule has 33 heavy (non-hydrogen) atoms. The highest BCUT2D eigenvalue weighted by Gasteiger charge is 2.35. The van der Waals surface area contributed by atoms with Crippen molar-refractivity contribution in [3.63, 3.8) is 0 Å². The highest BCUT2D eigenvalue weighted by atomic mass is 79.9. The van der Waals surface area contributed by atoms with Crippen LogP contribution in [0.1, 0.15) is 68.9 Å². The van der Waals surface area contributed by atoms with Gasteiger partial charge in [0.05, 0.1) is 17.7 Å². The molecule has 8 heteroatoms. The Bertz CT molecular complexity index is 983. The molecule has 1 aromatic heterocycles. The molecule has 7 nitrogen and oxygen atoms in total. The van der Waals surface area contributed by atoms with Gasteiger partial charge in [-0.25, -0.2) is 9.97 Å². The first-order valence-electron chi connectivity index (χ1n) is 11.7. The number of carbonyl (C=O) groups is 1. The molecule has 178 valence electrons. The van der Waals surface area contributed by atoms with E-state index in [-0.39, 0.29) is 23.3 Å². The number of benzene rings is 1. The van der Waals surface area contributed by atoms with Crippen LogP contribution in [0.15, 0.2) is 35.1 Å². The number of hydrogen-bond acceptors (Lipinski definition) is 6. The number of fused-ring (bicyclic) bond motifs is 1. The lowest BCUT2D eigenvalue weighted by Crippen LogP contribution is -2.52. The lowest BCUT2D eigenvalue weighted by molar-refractivity contribution is -0.133. The number of carbonyl (C=O) groups excluding carboxylic acids is 1. The smallest absolute Gasteiger partial charge is 0.231 e. The molecule has 4 rings (SSSR count). The molecule has 2 aliphatic rings. The van der Waals surface area contributed by atoms with E-state index in [0.29, 0.717) is 26.1 Å². The van der Waals surface area contributed by atoms with Crippen molar-refractivity contribution in [2.75, 3.05) is 37.6 Å². The maximum absolute atomic E-state index is 13.6. The number of anilines is 1. The second kappa shape index (κ2) is 9.68. The number of aliphatic hydroxyl groups excluding tert-OH is 1. The standard InChI is InChI=1S/C25H34BrN5O2/c1-16-13-20(32)22-21(16)23(28-15-27-22)30-9-11-31(12-10-30)24(33)19(14-29-25(2,3)4)17-5-7-18(26)8-6-17/h5-8,15-16,19-20,29,32H,9-14H2,1-4H3/t16-,19?,20-/m1/s1. The van der Waals surface area contributed by atoms with Crippen LogP contribution < -0.4 is 10.2 Å². The van der Waals surface area contributed by atoms with Crippen LogP contribution in [0.2, 0.25) is 0 Å². The fourth-order valence-corrected chi connectivity index (χ4v) is 5.03. The average molecular weight is 516 g/mol. The molecule has 2 aromatic rings. The monoisotopic (exact) mass is 515 g/mol. The van der Waals surface area contributed by atoms with E-state index in [9.17, 15) is 9.90 Å². The summed E-state index contributed by atoms with van der Waals surface area (Å²) in [6, 6.07) is 8.06. The topological polar surface area (TPSA) is 81.6 Å². The molecule has 1 aliphatic heterocycles. The van der Waals surface area contributed by atoms with Gasteiger partial charge in [0.1, 0.15) is 12.1 Å². The molecule has 0 bridgehead atoms. The van der Waals surface area contributed by atoms with E-state index < -0.39 is 6.10 Å². The molecule has 1 fully saturated rings. The minimum absolute atomic E-state index is 0.0682. The summed E-state index contributed by atoms with van der Waals surface area (Å²) in [6.07, 6.45) is 1.73. The van der Waals surface area contributed by atoms with Crippen molar-refractivity contribution in [3.8, 4) is 0 Å². The number of nitrogens with zero attached hydrogens (tertiary/aromatic N) is 4. The molecule has 1 aromatic carbocycles. The van der Waals surface area contributed by atoms with E-state index >= 15 is 0 Å². The van der Waals surface area contributed by atoms with Crippen molar-refractivity contribution in [1.82, 2.24) is 20.2 Å². The van der Waals surface area contributed by atoms with Crippen LogP contribution in [0, 0.1) is 0 Å². The first-order valence-corrected chi connectivity index (χ1v) is 12.5. The normalized spacial score (nSPS) is 21.8. The molecule has 1 saturated heterocycles. The maximum Gasteiger partial charge on any atom is 0.231 e. The van der Waals surface area contributed by atoms with E-state index in [1.54, 1.807) is 6.33 Å². The lowest BCUT2D eigenvalue weighted by atomic mass is 9.95. The van der Waals surface area contributed by atoms with Gasteiger partial charge in [0.2, 0.25) is 5.91 Å². The zero-order valence-electron chi connectivity index (χ0n) is 19.9. The van der Waals surface area contributed by atoms with Crippen LogP contribution in [-0.2, 0) is 4.79 Å². The summed E-state index contributed by atoms with van der Waals surface area (Å²) in [7, 11) is 0. The van der Waals surface area contributed by atoms with Gasteiger partial charge in [0, 0.05) is 48.3 Å². The van der Waals surface area contributed by atoms with Gasteiger partial charge in [-0.2, -0.15) is 0 Å². The highest BCUT2D eigenvalue weighted by Crippen LogP contribution is 2.42. The Labute approximate surface area is 204 Å². The summed E-state index contributed by atoms with van der Waals surface area (Å²) >= 11 is 3.49. The third kappa shape index (κ3) is 5.39. The Balaban J connectivity index is 1.48. The van der Waals surface area contributed by atoms with Crippen LogP contribution >= 0.6 is 15.9 Å². The second-order valence-electron chi connectivity index (χ2n) is 10.2. The van der Waals surface area contributed by atoms with Crippen LogP contribution in [-0.4, -0.2) is 64.1 Å². The second-order valence-corrected chi connectivity index (χ2v) is 11.1. The summed E-state index contributed by atoms with van der Waals surface area (Å²) in [5, 5.41) is 13.8. The number of aromatic nitrogens is 2. The molecule has 0 spiro atoms. The molecule has 1 aliphatic carbocycles. The molecule has 0 radical (unpaired) electrons. The Morgan fingerprint density at radius 2 is 1.85 bits per heavy atom. The minimum atomic E-state index is -0.512. The van der Waals surface area contributed by atoms with Crippen LogP contribution in [0.3, 0.4) is 0 Å². The van der Waals surface area contributed by atoms with Crippen LogP contribution in [0.25, 0.3) is 0 Å². The molecule has 3 atom stereocenters. The Morgan fingerprint density at radius 3 is 2.48 bits per heavy atom. The average Bonchev–Trinajstić information content (AvgIpc) is 3.08. The van der Waals surface area contributed by atoms with E-state index in [1.807, 2.05) is 29.2 Å². The maximum atomic E-state index is 13.6. The van der Waals surface area contributed by atoms with Crippen molar-refractivity contribution in [3.05, 3.63) is 51.9 Å². The fourth-order valence-electron chi connectivity index (χ4n) is 4.76. The predicted octanol–water partition coefficient (Wildman–Crippen LogP) is 3.60. The number of rotatable bonds is 5. The zero-order chi connectivity index (χ0) is 23.8. The van der Waals surface area contributed by atoms with Gasteiger partial charge >= 0.3 is 0 Å². The third-order valence-electron chi connectivity index (χ3n) is 6.58. The molecule has 2 heterocycles. The van der Waals surface area contributed by atoms with Gasteiger partial charge in [0.25, 0.3) is 0 Å². The van der Waals surface area contributed by atoms with Crippen molar-refractivity contribution in [1.29, 1.82) is 0 Å². The molecular formula is C25H34BrN5O2. The third-order valence-corrected chi connectivity index (χ3v) is 7.11. The molecule has 0 saturated carbocycles. The first-order chi connectivity index (χ1) is 15.6. The summed E-state index contributed by atoms with van der Waals surface area (Å²) < 4.78 is 1.01. The summed E-state index contributed by atoms with van der Waals surface area (Å²) in [5.41, 5.74) is 2.78. The zero-order valence-corrected chi connectivity index (χ0v) is 21.5. The number of hydrogen-bond donors (Lipinski definition) is 2. The summed E-state index contributed by atoms with van der Waals surface area (Å²) in [5.74, 6) is 1.07. The van der Waals surface area contributed by atoms with Crippen molar-refractivity contribution in [2.45, 2.75) is 57.6 Å². The summed E-state index contributed by atoms with van der Waals surface area (Å²) in [6.45, 7) is 11.8. The number of piperazine rings is 1. The first kappa shape index (κ1) is 24.1. The van der Waals surface area contributed by atoms with Crippen molar-refractivity contribution >= 4 is 27.7 Å². The van der Waals surface area contributed by atoms with Crippen molar-refractivity contribution < 1.29 is 9.90 Å². The molecular weight excluding hydrogens is 482 g/mol. The molecule has 2 N–H and O–H groups in total. The largest absolute Gasteiger partial charge is 0.387 e. The van der Waals surface area contributed by atoms with Crippen LogP contribution in [0.5, 0.6) is 0 Å². The van der Waals surface area contributed by atoms with Gasteiger partial charge in [-0.15, -0.1) is 0 Å². The van der Waals surface area contributed by atoms with Gasteiger partial charge < -0.3 is 20.2 Å². The number of nitrogens with one attached hydrogen (secondary N) is 1. The SMILES string of the molecule is C[C@@H]1C[C@@H](O)c2ncnc(N3CCN(C(=O)C(CNC(C)(C)C)c4ccc(Br)cc4)CC3)c21. The van der Waals surface area contributed by atoms with E-state index in [0.717, 1.165) is 40.2 Å². The Morgan fingerprint density at radius 1 is 1.18 bits per heavy atom. The minimum Gasteiger partial charge on any atom is -0.387 e. The molecule has 1 unspecified atom stereocenters. The summed E-state index contributed by atoms with van der Waals surface area (Å²) in [4.78, 5) is 26.7. The van der Waals surface area contributed by atoms with Gasteiger partial charge in [-0.3, -0.25) is 4.79 Å². The Kier molecular flexibility index (Phi) is 7.07. The van der Waals surface area contributed by atoms with Crippen LogP contribution in [0.4, 0.5) is 5.82 Å². The predicted molar refractivity (Wildman–Crippen MR) is 133 cm³/mol. The van der Waals surface area contributed by atoms with Gasteiger partial charge in [0.15, 0.2) is 0 Å². The lowest BCUT2D eigenvalue weighted by Gasteiger charge is -2.38. The molecule has 1 amide bonds. The van der Waals surface area contributed by atoms with Crippen molar-refractivity contribution in [2.24, 2.45) is 0 Å². The fraction of sp³-hybridized carbons (Fsp3) is 0.560. The highest BCUT2D eigenvalue weighted by molar-refractivity contribution is 9.10. The number of amides is 1. The number of halogens is 1. The van der Waals surface area contributed by atoms with Gasteiger partial charge in [-0.1, -0.05) is 35.0 Å². The number of aliphatic hydroxyl groups is 1. The van der Waals surface area contributed by atoms with E-state index in [2.05, 4.69) is 63.8 Å². The quantitative estimate of drug-likeness (QED) is 0.632.